The topological polar surface area (TPSA) is 26.3 Å². The van der Waals surface area contributed by atoms with Crippen LogP contribution in [0.4, 0.5) is 4.39 Å². The van der Waals surface area contributed by atoms with Gasteiger partial charge in [0.15, 0.2) is 0 Å². The van der Waals surface area contributed by atoms with Gasteiger partial charge in [0.2, 0.25) is 0 Å². The minimum absolute atomic E-state index is 0.0683. The highest BCUT2D eigenvalue weighted by Crippen LogP contribution is 2.20. The first-order chi connectivity index (χ1) is 8.65. The van der Waals surface area contributed by atoms with Crippen LogP contribution in [0.2, 0.25) is 0 Å². The second-order valence-electron chi connectivity index (χ2n) is 4.46. The maximum atomic E-state index is 13.0. The maximum Gasteiger partial charge on any atom is 0.319 e. The molecule has 0 amide bonds. The first kappa shape index (κ1) is 17.8. The van der Waals surface area contributed by atoms with E-state index in [0.717, 1.165) is 31.4 Å². The van der Waals surface area contributed by atoms with Crippen LogP contribution in [0, 0.1) is 0 Å². The molecule has 0 aromatic rings. The molecule has 0 N–H and O–H groups in total. The summed E-state index contributed by atoms with van der Waals surface area (Å²) in [5.41, 5.74) is 0. The van der Waals surface area contributed by atoms with Crippen LogP contribution in [0.3, 0.4) is 0 Å². The van der Waals surface area contributed by atoms with Gasteiger partial charge in [0.1, 0.15) is 5.25 Å². The van der Waals surface area contributed by atoms with Crippen molar-refractivity contribution in [3.63, 3.8) is 0 Å². The van der Waals surface area contributed by atoms with Crippen molar-refractivity contribution in [2.45, 2.75) is 70.7 Å². The molecule has 18 heavy (non-hydrogen) atoms. The lowest BCUT2D eigenvalue weighted by Gasteiger charge is -2.15. The lowest BCUT2D eigenvalue weighted by atomic mass is 10.2. The van der Waals surface area contributed by atoms with Gasteiger partial charge >= 0.3 is 5.97 Å². The van der Waals surface area contributed by atoms with E-state index < -0.39 is 6.17 Å². The summed E-state index contributed by atoms with van der Waals surface area (Å²) >= 11 is 1.62. The Morgan fingerprint density at radius 2 is 1.94 bits per heavy atom. The summed E-state index contributed by atoms with van der Waals surface area (Å²) in [5, 5.41) is -0.0683. The van der Waals surface area contributed by atoms with E-state index in [9.17, 15) is 9.18 Å². The van der Waals surface area contributed by atoms with Gasteiger partial charge in [0.25, 0.3) is 0 Å². The molecule has 0 bridgehead atoms. The summed E-state index contributed by atoms with van der Waals surface area (Å²) in [7, 11) is 0. The standard InChI is InChI=1S/C14H27FO2S/c1-4-8-13(14(16)17-10-5-2)18-11-7-9-12(15)6-3/h12-13H,4-11H2,1-3H3. The highest BCUT2D eigenvalue weighted by molar-refractivity contribution is 8.00. The first-order valence-corrected chi connectivity index (χ1v) is 8.12. The quantitative estimate of drug-likeness (QED) is 0.415. The van der Waals surface area contributed by atoms with E-state index >= 15 is 0 Å². The summed E-state index contributed by atoms with van der Waals surface area (Å²) in [6, 6.07) is 0. The maximum absolute atomic E-state index is 13.0. The predicted molar refractivity (Wildman–Crippen MR) is 76.8 cm³/mol. The Kier molecular flexibility index (Phi) is 11.7. The largest absolute Gasteiger partial charge is 0.465 e. The van der Waals surface area contributed by atoms with Crippen LogP contribution in [0.5, 0.6) is 0 Å². The van der Waals surface area contributed by atoms with Gasteiger partial charge in [0.05, 0.1) is 12.8 Å². The van der Waals surface area contributed by atoms with Crippen LogP contribution in [0.15, 0.2) is 0 Å². The van der Waals surface area contributed by atoms with Crippen LogP contribution in [-0.2, 0) is 9.53 Å². The van der Waals surface area contributed by atoms with Crippen molar-refractivity contribution in [3.05, 3.63) is 0 Å². The van der Waals surface area contributed by atoms with Gasteiger partial charge in [-0.3, -0.25) is 4.79 Å². The Bertz CT molecular complexity index is 212. The summed E-state index contributed by atoms with van der Waals surface area (Å²) < 4.78 is 18.2. The molecule has 0 aliphatic rings. The molecule has 0 aromatic carbocycles. The van der Waals surface area contributed by atoms with Crippen molar-refractivity contribution in [2.24, 2.45) is 0 Å². The fraction of sp³-hybridized carbons (Fsp3) is 0.929. The van der Waals surface area contributed by atoms with Crippen molar-refractivity contribution in [1.82, 2.24) is 0 Å². The molecule has 0 heterocycles. The smallest absolute Gasteiger partial charge is 0.319 e. The minimum atomic E-state index is -0.692. The average Bonchev–Trinajstić information content (AvgIpc) is 2.39. The first-order valence-electron chi connectivity index (χ1n) is 7.07. The number of hydrogen-bond acceptors (Lipinski definition) is 3. The van der Waals surface area contributed by atoms with Gasteiger partial charge in [-0.25, -0.2) is 4.39 Å². The molecule has 0 saturated carbocycles. The van der Waals surface area contributed by atoms with Gasteiger partial charge in [-0.05, 0) is 37.9 Å². The molecular weight excluding hydrogens is 251 g/mol. The van der Waals surface area contributed by atoms with Crippen LogP contribution in [-0.4, -0.2) is 29.8 Å². The molecular formula is C14H27FO2S. The van der Waals surface area contributed by atoms with Gasteiger partial charge in [-0.15, -0.1) is 11.8 Å². The molecule has 0 aliphatic heterocycles. The van der Waals surface area contributed by atoms with E-state index in [2.05, 4.69) is 6.92 Å². The molecule has 0 aliphatic carbocycles. The zero-order valence-corrected chi connectivity index (χ0v) is 12.7. The van der Waals surface area contributed by atoms with Crippen LogP contribution in [0.25, 0.3) is 0 Å². The summed E-state index contributed by atoms with van der Waals surface area (Å²) in [5.74, 6) is 0.739. The number of ether oxygens (including phenoxy) is 1. The molecule has 0 saturated heterocycles. The van der Waals surface area contributed by atoms with Crippen molar-refractivity contribution in [2.75, 3.05) is 12.4 Å². The number of rotatable bonds is 11. The number of hydrogen-bond donors (Lipinski definition) is 0. The Labute approximate surface area is 115 Å². The fourth-order valence-electron chi connectivity index (χ4n) is 1.56. The third-order valence-corrected chi connectivity index (χ3v) is 4.04. The number of carbonyl (C=O) groups excluding carboxylic acids is 1. The van der Waals surface area contributed by atoms with E-state index in [0.29, 0.717) is 19.4 Å². The van der Waals surface area contributed by atoms with Crippen molar-refractivity contribution >= 4 is 17.7 Å². The summed E-state index contributed by atoms with van der Waals surface area (Å²) in [6.07, 6.45) is 4.01. The number of esters is 1. The van der Waals surface area contributed by atoms with Crippen LogP contribution >= 0.6 is 11.8 Å². The lowest BCUT2D eigenvalue weighted by molar-refractivity contribution is -0.143. The second-order valence-corrected chi connectivity index (χ2v) is 5.77. The summed E-state index contributed by atoms with van der Waals surface area (Å²) in [4.78, 5) is 11.8. The second kappa shape index (κ2) is 11.8. The Morgan fingerprint density at radius 1 is 1.22 bits per heavy atom. The van der Waals surface area contributed by atoms with Crippen LogP contribution < -0.4 is 0 Å². The van der Waals surface area contributed by atoms with E-state index in [1.54, 1.807) is 11.8 Å². The molecule has 0 aromatic heterocycles. The van der Waals surface area contributed by atoms with Gasteiger partial charge < -0.3 is 4.74 Å². The molecule has 0 radical (unpaired) electrons. The number of alkyl halides is 1. The number of carbonyl (C=O) groups is 1. The highest BCUT2D eigenvalue weighted by Gasteiger charge is 2.19. The van der Waals surface area contributed by atoms with Crippen LogP contribution in [0.1, 0.15) is 59.3 Å². The third-order valence-electron chi connectivity index (χ3n) is 2.69. The highest BCUT2D eigenvalue weighted by atomic mass is 32.2. The van der Waals surface area contributed by atoms with Gasteiger partial charge in [-0.2, -0.15) is 0 Å². The van der Waals surface area contributed by atoms with Gasteiger partial charge in [0, 0.05) is 0 Å². The Hall–Kier alpha value is -0.250. The lowest BCUT2D eigenvalue weighted by Crippen LogP contribution is -2.21. The molecule has 2 atom stereocenters. The zero-order chi connectivity index (χ0) is 13.8. The van der Waals surface area contributed by atoms with Crippen molar-refractivity contribution in [1.29, 1.82) is 0 Å². The monoisotopic (exact) mass is 278 g/mol. The van der Waals surface area contributed by atoms with Crippen molar-refractivity contribution in [3.8, 4) is 0 Å². The Balaban J connectivity index is 3.85. The van der Waals surface area contributed by atoms with E-state index in [1.165, 1.54) is 0 Å². The minimum Gasteiger partial charge on any atom is -0.465 e. The molecule has 2 nitrogen and oxygen atoms in total. The normalized spacial score (nSPS) is 14.2. The molecule has 108 valence electrons. The molecule has 0 rings (SSSR count). The Morgan fingerprint density at radius 3 is 2.50 bits per heavy atom. The molecule has 4 heteroatoms. The third kappa shape index (κ3) is 8.78. The molecule has 2 unspecified atom stereocenters. The number of thioether (sulfide) groups is 1. The van der Waals surface area contributed by atoms with E-state index in [1.807, 2.05) is 13.8 Å². The zero-order valence-electron chi connectivity index (χ0n) is 11.9. The molecule has 0 fully saturated rings. The average molecular weight is 278 g/mol. The SMILES string of the molecule is CCCOC(=O)C(CCC)SCCCC(F)CC. The van der Waals surface area contributed by atoms with E-state index in [4.69, 9.17) is 4.74 Å². The van der Waals surface area contributed by atoms with Crippen molar-refractivity contribution < 1.29 is 13.9 Å². The van der Waals surface area contributed by atoms with Gasteiger partial charge in [-0.1, -0.05) is 27.2 Å². The summed E-state index contributed by atoms with van der Waals surface area (Å²) in [6.45, 7) is 6.42. The van der Waals surface area contributed by atoms with E-state index in [-0.39, 0.29) is 11.2 Å². The molecule has 0 spiro atoms. The predicted octanol–water partition coefficient (Wildman–Crippen LogP) is 4.37. The fourth-order valence-corrected chi connectivity index (χ4v) is 2.79. The number of halogens is 1.